The number of anilines is 2. The summed E-state index contributed by atoms with van der Waals surface area (Å²) in [5.41, 5.74) is 5.76. The van der Waals surface area contributed by atoms with Gasteiger partial charge in [0.2, 0.25) is 5.91 Å². The molecule has 0 unspecified atom stereocenters. The molecule has 6 nitrogen and oxygen atoms in total. The SMILES string of the molecule is Cc1cc(C)c(NC(=O)CN2C(=O)S/C(=C/c3ccc(N4CCCC4)cc3)C2=O)c(C)c1. The van der Waals surface area contributed by atoms with Crippen molar-refractivity contribution in [2.24, 2.45) is 0 Å². The van der Waals surface area contributed by atoms with E-state index in [1.165, 1.54) is 18.5 Å². The highest BCUT2D eigenvalue weighted by molar-refractivity contribution is 8.18. The molecule has 166 valence electrons. The second-order valence-electron chi connectivity index (χ2n) is 8.38. The molecule has 2 saturated heterocycles. The molecule has 2 aromatic rings. The van der Waals surface area contributed by atoms with Crippen molar-refractivity contribution in [2.45, 2.75) is 33.6 Å². The van der Waals surface area contributed by atoms with Crippen LogP contribution in [0.4, 0.5) is 16.2 Å². The van der Waals surface area contributed by atoms with E-state index < -0.39 is 17.1 Å². The number of carbonyl (C=O) groups excluding carboxylic acids is 3. The Morgan fingerprint density at radius 3 is 2.28 bits per heavy atom. The second-order valence-corrected chi connectivity index (χ2v) is 9.37. The topological polar surface area (TPSA) is 69.7 Å². The van der Waals surface area contributed by atoms with Crippen LogP contribution in [0.5, 0.6) is 0 Å². The van der Waals surface area contributed by atoms with Gasteiger partial charge in [-0.3, -0.25) is 19.3 Å². The summed E-state index contributed by atoms with van der Waals surface area (Å²) in [6.07, 6.45) is 4.14. The van der Waals surface area contributed by atoms with Gasteiger partial charge in [0.25, 0.3) is 11.1 Å². The molecule has 2 aliphatic rings. The van der Waals surface area contributed by atoms with Crippen LogP contribution in [0.15, 0.2) is 41.3 Å². The summed E-state index contributed by atoms with van der Waals surface area (Å²) in [5, 5.41) is 2.42. The van der Waals surface area contributed by atoms with Crippen molar-refractivity contribution < 1.29 is 14.4 Å². The molecule has 2 heterocycles. The molecule has 2 fully saturated rings. The standard InChI is InChI=1S/C25H27N3O3S/c1-16-12-17(2)23(18(3)13-16)26-22(29)15-28-24(30)21(32-25(28)31)14-19-6-8-20(9-7-19)27-10-4-5-11-27/h6-9,12-14H,4-5,10-11,15H2,1-3H3,(H,26,29)/b21-14+. The van der Waals surface area contributed by atoms with Crippen LogP contribution in [0.25, 0.3) is 6.08 Å². The van der Waals surface area contributed by atoms with E-state index in [1.54, 1.807) is 6.08 Å². The first kappa shape index (κ1) is 22.1. The molecule has 0 atom stereocenters. The van der Waals surface area contributed by atoms with Crippen LogP contribution >= 0.6 is 11.8 Å². The molecule has 4 rings (SSSR count). The number of rotatable bonds is 5. The van der Waals surface area contributed by atoms with Crippen molar-refractivity contribution in [3.05, 3.63) is 63.6 Å². The van der Waals surface area contributed by atoms with E-state index in [4.69, 9.17) is 0 Å². The fraction of sp³-hybridized carbons (Fsp3) is 0.320. The van der Waals surface area contributed by atoms with Crippen LogP contribution < -0.4 is 10.2 Å². The summed E-state index contributed by atoms with van der Waals surface area (Å²) in [5.74, 6) is -0.824. The Balaban J connectivity index is 1.43. The monoisotopic (exact) mass is 449 g/mol. The van der Waals surface area contributed by atoms with Crippen molar-refractivity contribution in [1.82, 2.24) is 4.90 Å². The highest BCUT2D eigenvalue weighted by atomic mass is 32.2. The fourth-order valence-electron chi connectivity index (χ4n) is 4.24. The zero-order valence-corrected chi connectivity index (χ0v) is 19.4. The maximum atomic E-state index is 12.8. The molecule has 2 aromatic carbocycles. The number of hydrogen-bond donors (Lipinski definition) is 1. The van der Waals surface area contributed by atoms with Gasteiger partial charge in [0.1, 0.15) is 6.54 Å². The van der Waals surface area contributed by atoms with Gasteiger partial charge in [0.15, 0.2) is 0 Å². The highest BCUT2D eigenvalue weighted by Gasteiger charge is 2.36. The van der Waals surface area contributed by atoms with E-state index in [0.717, 1.165) is 57.7 Å². The van der Waals surface area contributed by atoms with E-state index >= 15 is 0 Å². The molecule has 0 aromatic heterocycles. The van der Waals surface area contributed by atoms with Crippen LogP contribution in [-0.4, -0.2) is 41.6 Å². The Morgan fingerprint density at radius 1 is 1.03 bits per heavy atom. The zero-order chi connectivity index (χ0) is 22.8. The maximum absolute atomic E-state index is 12.8. The summed E-state index contributed by atoms with van der Waals surface area (Å²) in [6, 6.07) is 12.0. The van der Waals surface area contributed by atoms with Crippen LogP contribution in [-0.2, 0) is 9.59 Å². The number of imide groups is 1. The predicted molar refractivity (Wildman–Crippen MR) is 130 cm³/mol. The predicted octanol–water partition coefficient (Wildman–Crippen LogP) is 4.89. The number of carbonyl (C=O) groups is 3. The van der Waals surface area contributed by atoms with Crippen LogP contribution in [0, 0.1) is 20.8 Å². The van der Waals surface area contributed by atoms with E-state index in [0.29, 0.717) is 4.91 Å². The number of thioether (sulfide) groups is 1. The number of hydrogen-bond acceptors (Lipinski definition) is 5. The Hall–Kier alpha value is -3.06. The lowest BCUT2D eigenvalue weighted by atomic mass is 10.1. The lowest BCUT2D eigenvalue weighted by Crippen LogP contribution is -2.36. The van der Waals surface area contributed by atoms with E-state index in [2.05, 4.69) is 10.2 Å². The number of aryl methyl sites for hydroxylation is 3. The third-order valence-corrected chi connectivity index (χ3v) is 6.69. The number of benzene rings is 2. The first-order valence-corrected chi connectivity index (χ1v) is 11.6. The van der Waals surface area contributed by atoms with Gasteiger partial charge >= 0.3 is 0 Å². The van der Waals surface area contributed by atoms with Crippen LogP contribution in [0.2, 0.25) is 0 Å². The van der Waals surface area contributed by atoms with Gasteiger partial charge in [0, 0.05) is 24.5 Å². The molecule has 32 heavy (non-hydrogen) atoms. The quantitative estimate of drug-likeness (QED) is 0.659. The number of amides is 3. The van der Waals surface area contributed by atoms with Crippen molar-refractivity contribution in [3.63, 3.8) is 0 Å². The summed E-state index contributed by atoms with van der Waals surface area (Å²) < 4.78 is 0. The second kappa shape index (κ2) is 9.20. The van der Waals surface area contributed by atoms with Crippen LogP contribution in [0.1, 0.15) is 35.1 Å². The van der Waals surface area contributed by atoms with Gasteiger partial charge in [-0.2, -0.15) is 0 Å². The van der Waals surface area contributed by atoms with Crippen molar-refractivity contribution in [3.8, 4) is 0 Å². The van der Waals surface area contributed by atoms with Gasteiger partial charge < -0.3 is 10.2 Å². The van der Waals surface area contributed by atoms with Gasteiger partial charge in [-0.25, -0.2) is 0 Å². The molecule has 0 spiro atoms. The summed E-state index contributed by atoms with van der Waals surface area (Å²) in [7, 11) is 0. The molecule has 0 saturated carbocycles. The normalized spacial score (nSPS) is 17.5. The number of nitrogens with zero attached hydrogens (tertiary/aromatic N) is 2. The van der Waals surface area contributed by atoms with Gasteiger partial charge in [-0.05, 0) is 80.3 Å². The van der Waals surface area contributed by atoms with Crippen molar-refractivity contribution in [2.75, 3.05) is 29.9 Å². The molecular formula is C25H27N3O3S. The lowest BCUT2D eigenvalue weighted by Gasteiger charge is -2.17. The molecule has 1 N–H and O–H groups in total. The zero-order valence-electron chi connectivity index (χ0n) is 18.6. The molecule has 2 aliphatic heterocycles. The summed E-state index contributed by atoms with van der Waals surface area (Å²) in [4.78, 5) is 41.5. The number of nitrogens with one attached hydrogen (secondary N) is 1. The Morgan fingerprint density at radius 2 is 1.66 bits per heavy atom. The molecular weight excluding hydrogens is 422 g/mol. The maximum Gasteiger partial charge on any atom is 0.294 e. The van der Waals surface area contributed by atoms with E-state index in [-0.39, 0.29) is 6.54 Å². The lowest BCUT2D eigenvalue weighted by molar-refractivity contribution is -0.127. The van der Waals surface area contributed by atoms with Crippen molar-refractivity contribution in [1.29, 1.82) is 0 Å². The molecule has 7 heteroatoms. The van der Waals surface area contributed by atoms with Gasteiger partial charge in [0.05, 0.1) is 4.91 Å². The minimum absolute atomic E-state index is 0.303. The average molecular weight is 450 g/mol. The summed E-state index contributed by atoms with van der Waals surface area (Å²) in [6.45, 7) is 7.69. The largest absolute Gasteiger partial charge is 0.372 e. The minimum atomic E-state index is -0.434. The first-order valence-electron chi connectivity index (χ1n) is 10.8. The third kappa shape index (κ3) is 4.72. The Kier molecular flexibility index (Phi) is 6.37. The van der Waals surface area contributed by atoms with Crippen molar-refractivity contribution >= 4 is 46.3 Å². The average Bonchev–Trinajstić information content (AvgIpc) is 3.36. The van der Waals surface area contributed by atoms with E-state index in [9.17, 15) is 14.4 Å². The van der Waals surface area contributed by atoms with Crippen LogP contribution in [0.3, 0.4) is 0 Å². The van der Waals surface area contributed by atoms with Gasteiger partial charge in [-0.15, -0.1) is 0 Å². The van der Waals surface area contributed by atoms with Gasteiger partial charge in [-0.1, -0.05) is 29.8 Å². The fourth-order valence-corrected chi connectivity index (χ4v) is 5.08. The molecule has 3 amide bonds. The summed E-state index contributed by atoms with van der Waals surface area (Å²) >= 11 is 0.871. The minimum Gasteiger partial charge on any atom is -0.372 e. The van der Waals surface area contributed by atoms with E-state index in [1.807, 2.05) is 57.2 Å². The highest BCUT2D eigenvalue weighted by Crippen LogP contribution is 2.33. The molecule has 0 aliphatic carbocycles. The molecule has 0 radical (unpaired) electrons. The third-order valence-electron chi connectivity index (χ3n) is 5.78. The first-order chi connectivity index (χ1) is 15.3. The smallest absolute Gasteiger partial charge is 0.294 e. The molecule has 0 bridgehead atoms. The Bertz CT molecular complexity index is 1080. The Labute approximate surface area is 192 Å².